The molecule has 1 aliphatic carbocycles. The second-order valence-electron chi connectivity index (χ2n) is 12.4. The van der Waals surface area contributed by atoms with Gasteiger partial charge in [0.25, 0.3) is 5.91 Å². The first-order chi connectivity index (χ1) is 20.6. The summed E-state index contributed by atoms with van der Waals surface area (Å²) < 4.78 is 62.9. The van der Waals surface area contributed by atoms with E-state index in [1.54, 1.807) is 0 Å². The molecule has 3 aliphatic heterocycles. The van der Waals surface area contributed by atoms with Gasteiger partial charge in [0.05, 0.1) is 16.9 Å². The van der Waals surface area contributed by atoms with Crippen LogP contribution in [-0.2, 0) is 14.3 Å². The number of rotatable bonds is 5. The van der Waals surface area contributed by atoms with Gasteiger partial charge in [0.1, 0.15) is 17.3 Å². The number of ether oxygens (including phenoxy) is 1. The van der Waals surface area contributed by atoms with E-state index in [2.05, 4.69) is 15.2 Å². The van der Waals surface area contributed by atoms with E-state index in [1.807, 2.05) is 38.8 Å². The number of halogens is 4. The number of carbonyl (C=O) groups excluding carboxylic acids is 3. The van der Waals surface area contributed by atoms with Crippen molar-refractivity contribution in [1.29, 1.82) is 0 Å². The van der Waals surface area contributed by atoms with E-state index >= 15 is 4.39 Å². The van der Waals surface area contributed by atoms with Gasteiger partial charge in [-0.05, 0) is 71.2 Å². The minimum absolute atomic E-state index is 0.0689. The highest BCUT2D eigenvalue weighted by molar-refractivity contribution is 6.11. The van der Waals surface area contributed by atoms with E-state index in [0.29, 0.717) is 49.6 Å². The SMILES string of the molecule is C[C@@H]1CN(c2cc(F)c(C3=CCCN(C(=O)OC4(C)CCC4)C3)cc2NC(=O)C2C=NC(=O)C=C2C(F)(F)F)C[C@H](C)N1C. The van der Waals surface area contributed by atoms with E-state index in [0.717, 1.165) is 19.3 Å². The molecule has 1 saturated heterocycles. The molecule has 9 nitrogen and oxygen atoms in total. The molecule has 1 saturated carbocycles. The Morgan fingerprint density at radius 2 is 1.82 bits per heavy atom. The summed E-state index contributed by atoms with van der Waals surface area (Å²) in [6.45, 7) is 7.32. The highest BCUT2D eigenvalue weighted by atomic mass is 19.4. The Kier molecular flexibility index (Phi) is 8.63. The van der Waals surface area contributed by atoms with Gasteiger partial charge in [0.2, 0.25) is 5.91 Å². The van der Waals surface area contributed by atoms with E-state index in [-0.39, 0.29) is 29.9 Å². The number of dihydropyridines is 1. The average molecular weight is 620 g/mol. The van der Waals surface area contributed by atoms with Crippen LogP contribution >= 0.6 is 0 Å². The van der Waals surface area contributed by atoms with Gasteiger partial charge in [0.15, 0.2) is 0 Å². The zero-order chi connectivity index (χ0) is 32.0. The van der Waals surface area contributed by atoms with Crippen molar-refractivity contribution in [3.05, 3.63) is 41.2 Å². The number of alkyl halides is 3. The maximum atomic E-state index is 15.9. The number of hydrogen-bond donors (Lipinski definition) is 1. The van der Waals surface area contributed by atoms with E-state index in [1.165, 1.54) is 17.0 Å². The van der Waals surface area contributed by atoms with Gasteiger partial charge in [-0.25, -0.2) is 14.2 Å². The lowest BCUT2D eigenvalue weighted by molar-refractivity contribution is -0.124. The monoisotopic (exact) mass is 619 g/mol. The summed E-state index contributed by atoms with van der Waals surface area (Å²) in [7, 11) is 1.98. The number of piperazine rings is 1. The first kappa shape index (κ1) is 31.7. The minimum Gasteiger partial charge on any atom is -0.443 e. The molecule has 3 heterocycles. The third-order valence-electron chi connectivity index (χ3n) is 9.12. The van der Waals surface area contributed by atoms with Crippen molar-refractivity contribution in [2.24, 2.45) is 10.9 Å². The zero-order valence-corrected chi connectivity index (χ0v) is 25.2. The molecule has 0 radical (unpaired) electrons. The van der Waals surface area contributed by atoms with Crippen LogP contribution in [0.4, 0.5) is 33.7 Å². The Morgan fingerprint density at radius 3 is 2.43 bits per heavy atom. The Balaban J connectivity index is 1.47. The second kappa shape index (κ2) is 12.0. The molecular formula is C31H37F4N5O4. The smallest absolute Gasteiger partial charge is 0.414 e. The van der Waals surface area contributed by atoms with Gasteiger partial charge in [-0.1, -0.05) is 6.08 Å². The molecule has 0 spiro atoms. The van der Waals surface area contributed by atoms with Crippen molar-refractivity contribution in [3.63, 3.8) is 0 Å². The Hall–Kier alpha value is -3.74. The Morgan fingerprint density at radius 1 is 1.14 bits per heavy atom. The molecule has 238 valence electrons. The summed E-state index contributed by atoms with van der Waals surface area (Å²) in [5.41, 5.74) is -0.790. The number of carbonyl (C=O) groups is 3. The number of aliphatic imine (C=N–C) groups is 1. The number of anilines is 2. The van der Waals surface area contributed by atoms with Crippen LogP contribution in [0.1, 0.15) is 52.0 Å². The first-order valence-corrected chi connectivity index (χ1v) is 14.8. The lowest BCUT2D eigenvalue weighted by Crippen LogP contribution is -2.55. The summed E-state index contributed by atoms with van der Waals surface area (Å²) in [6.07, 6.45) is 0.371. The van der Waals surface area contributed by atoms with Crippen molar-refractivity contribution < 1.29 is 36.7 Å². The van der Waals surface area contributed by atoms with Crippen LogP contribution in [0.15, 0.2) is 34.9 Å². The third kappa shape index (κ3) is 6.52. The van der Waals surface area contributed by atoms with Crippen LogP contribution in [0, 0.1) is 11.7 Å². The maximum Gasteiger partial charge on any atom is 0.414 e. The van der Waals surface area contributed by atoms with Crippen LogP contribution < -0.4 is 10.2 Å². The van der Waals surface area contributed by atoms with Gasteiger partial charge >= 0.3 is 12.3 Å². The fourth-order valence-corrected chi connectivity index (χ4v) is 6.08. The quantitative estimate of drug-likeness (QED) is 0.457. The molecule has 1 unspecified atom stereocenters. The second-order valence-corrected chi connectivity index (χ2v) is 12.4. The number of nitrogens with one attached hydrogen (secondary N) is 1. The molecule has 3 atom stereocenters. The van der Waals surface area contributed by atoms with Crippen LogP contribution in [0.5, 0.6) is 0 Å². The van der Waals surface area contributed by atoms with Gasteiger partial charge in [-0.2, -0.15) is 13.2 Å². The molecule has 2 fully saturated rings. The third-order valence-corrected chi connectivity index (χ3v) is 9.12. The van der Waals surface area contributed by atoms with Gasteiger partial charge < -0.3 is 19.9 Å². The standard InChI is InChI=1S/C31H37F4N5O4/c1-18-15-40(16-19(2)38(18)4)26-13-24(32)21(20-7-5-10-39(17-20)29(43)44-30(3)8-6-9-30)11-25(26)37-28(42)22-14-36-27(41)12-23(22)31(33,34)35/h7,11-14,18-19,22H,5-6,8-10,15-17H2,1-4H3,(H,37,42)/t18-,19+,22?. The van der Waals surface area contributed by atoms with Crippen LogP contribution in [0.3, 0.4) is 0 Å². The van der Waals surface area contributed by atoms with Crippen molar-refractivity contribution in [2.75, 3.05) is 43.4 Å². The van der Waals surface area contributed by atoms with Gasteiger partial charge in [-0.3, -0.25) is 14.5 Å². The average Bonchev–Trinajstić information content (AvgIpc) is 2.95. The topological polar surface area (TPSA) is 94.5 Å². The van der Waals surface area contributed by atoms with Crippen molar-refractivity contribution in [3.8, 4) is 0 Å². The highest BCUT2D eigenvalue weighted by Crippen LogP contribution is 2.39. The maximum absolute atomic E-state index is 15.9. The largest absolute Gasteiger partial charge is 0.443 e. The molecule has 5 rings (SSSR count). The number of likely N-dealkylation sites (N-methyl/N-ethyl adjacent to an activating group) is 1. The number of benzene rings is 1. The fraction of sp³-hybridized carbons (Fsp3) is 0.548. The lowest BCUT2D eigenvalue weighted by Gasteiger charge is -2.44. The summed E-state index contributed by atoms with van der Waals surface area (Å²) >= 11 is 0. The minimum atomic E-state index is -4.94. The molecule has 0 bridgehead atoms. The Bertz CT molecular complexity index is 1420. The van der Waals surface area contributed by atoms with Crippen molar-refractivity contribution in [1.82, 2.24) is 9.80 Å². The number of nitrogens with zero attached hydrogens (tertiary/aromatic N) is 4. The summed E-state index contributed by atoms with van der Waals surface area (Å²) in [6, 6.07) is 2.83. The first-order valence-electron chi connectivity index (χ1n) is 14.8. The molecule has 4 aliphatic rings. The van der Waals surface area contributed by atoms with Crippen LogP contribution in [0.2, 0.25) is 0 Å². The predicted molar refractivity (Wildman–Crippen MR) is 158 cm³/mol. The summed E-state index contributed by atoms with van der Waals surface area (Å²) in [5, 5.41) is 2.59. The summed E-state index contributed by atoms with van der Waals surface area (Å²) in [4.78, 5) is 46.9. The van der Waals surface area contributed by atoms with Crippen LogP contribution in [0.25, 0.3) is 5.57 Å². The molecule has 1 N–H and O–H groups in total. The zero-order valence-electron chi connectivity index (χ0n) is 25.2. The van der Waals surface area contributed by atoms with Crippen molar-refractivity contribution in [2.45, 2.75) is 70.3 Å². The fourth-order valence-electron chi connectivity index (χ4n) is 6.08. The van der Waals surface area contributed by atoms with Crippen LogP contribution in [-0.4, -0.2) is 91.0 Å². The van der Waals surface area contributed by atoms with E-state index in [4.69, 9.17) is 4.74 Å². The molecule has 13 heteroatoms. The molecule has 1 aromatic rings. The molecule has 1 aromatic carbocycles. The predicted octanol–water partition coefficient (Wildman–Crippen LogP) is 5.18. The van der Waals surface area contributed by atoms with E-state index in [9.17, 15) is 27.6 Å². The normalized spacial score (nSPS) is 25.6. The van der Waals surface area contributed by atoms with E-state index < -0.39 is 47.0 Å². The van der Waals surface area contributed by atoms with Gasteiger partial charge in [0, 0.05) is 56.1 Å². The summed E-state index contributed by atoms with van der Waals surface area (Å²) in [5.74, 6) is -4.63. The molecule has 0 aromatic heterocycles. The molecular weight excluding hydrogens is 582 g/mol. The number of hydrogen-bond acceptors (Lipinski definition) is 6. The number of amides is 3. The molecule has 3 amide bonds. The lowest BCUT2D eigenvalue weighted by atomic mass is 9.82. The van der Waals surface area contributed by atoms with Gasteiger partial charge in [-0.15, -0.1) is 0 Å². The molecule has 44 heavy (non-hydrogen) atoms. The van der Waals surface area contributed by atoms with Crippen molar-refractivity contribution >= 4 is 41.1 Å². The highest BCUT2D eigenvalue weighted by Gasteiger charge is 2.43. The Labute approximate surface area is 253 Å².